The summed E-state index contributed by atoms with van der Waals surface area (Å²) in [5, 5.41) is 3.87. The fourth-order valence-electron chi connectivity index (χ4n) is 0.841. The van der Waals surface area contributed by atoms with Gasteiger partial charge >= 0.3 is 6.21 Å². The predicted molar refractivity (Wildman–Crippen MR) is 34.0 cm³/mol. The lowest BCUT2D eigenvalue weighted by molar-refractivity contribution is -0.0634. The third-order valence-corrected chi connectivity index (χ3v) is 1.30. The van der Waals surface area contributed by atoms with Gasteiger partial charge in [-0.3, -0.25) is 0 Å². The van der Waals surface area contributed by atoms with Crippen molar-refractivity contribution in [1.29, 1.82) is 0 Å². The molecule has 0 saturated carbocycles. The van der Waals surface area contributed by atoms with E-state index in [-0.39, 0.29) is 0 Å². The number of hydrogen-bond donors (Lipinski definition) is 0. The molecule has 0 aromatic heterocycles. The van der Waals surface area contributed by atoms with Crippen LogP contribution in [0.25, 0.3) is 0 Å². The topological polar surface area (TPSA) is 26.5 Å². The van der Waals surface area contributed by atoms with Crippen molar-refractivity contribution >= 4 is 11.9 Å². The average Bonchev–Trinajstić information content (AvgIpc) is 2.33. The molecule has 0 N–H and O–H groups in total. The van der Waals surface area contributed by atoms with Gasteiger partial charge in [0.2, 0.25) is 0 Å². The number of benzene rings is 1. The molecule has 1 aliphatic heterocycles. The second kappa shape index (κ2) is 1.54. The Hall–Kier alpha value is -1.40. The molecular formula is C7H5N2+. The molecule has 0 fully saturated rings. The van der Waals surface area contributed by atoms with Gasteiger partial charge in [0.05, 0.1) is 10.4 Å². The molecule has 1 aromatic carbocycles. The molecule has 2 nitrogen and oxygen atoms in total. The molecule has 42 valence electrons. The van der Waals surface area contributed by atoms with E-state index in [1.165, 1.54) is 0 Å². The zero-order chi connectivity index (χ0) is 6.10. The summed E-state index contributed by atoms with van der Waals surface area (Å²) < 4.78 is 0. The first kappa shape index (κ1) is 4.48. The summed E-state index contributed by atoms with van der Waals surface area (Å²) >= 11 is 0. The SMILES string of the molecule is C1=[N+]=Nc2ccccc21. The van der Waals surface area contributed by atoms with E-state index < -0.39 is 0 Å². The van der Waals surface area contributed by atoms with Gasteiger partial charge < -0.3 is 0 Å². The van der Waals surface area contributed by atoms with Gasteiger partial charge in [0.25, 0.3) is 0 Å². The highest BCUT2D eigenvalue weighted by Crippen LogP contribution is 2.17. The summed E-state index contributed by atoms with van der Waals surface area (Å²) in [4.78, 5) is 3.75. The lowest BCUT2D eigenvalue weighted by atomic mass is 10.2. The van der Waals surface area contributed by atoms with Crippen molar-refractivity contribution in [3.05, 3.63) is 29.8 Å². The van der Waals surface area contributed by atoms with Crippen molar-refractivity contribution in [2.24, 2.45) is 5.11 Å². The van der Waals surface area contributed by atoms with Gasteiger partial charge in [0, 0.05) is 0 Å². The Kier molecular flexibility index (Phi) is 0.765. The van der Waals surface area contributed by atoms with Gasteiger partial charge in [0.15, 0.2) is 5.69 Å². The Labute approximate surface area is 52.6 Å². The molecule has 0 radical (unpaired) electrons. The Bertz CT molecular complexity index is 269. The first-order valence-corrected chi connectivity index (χ1v) is 2.80. The van der Waals surface area contributed by atoms with Crippen molar-refractivity contribution < 1.29 is 4.79 Å². The van der Waals surface area contributed by atoms with Crippen LogP contribution in [0.3, 0.4) is 0 Å². The number of hydrogen-bond acceptors (Lipinski definition) is 1. The zero-order valence-electron chi connectivity index (χ0n) is 4.78. The third kappa shape index (κ3) is 0.574. The summed E-state index contributed by atoms with van der Waals surface area (Å²) in [6.45, 7) is 0. The van der Waals surface area contributed by atoms with Gasteiger partial charge in [-0.25, -0.2) is 0 Å². The highest BCUT2D eigenvalue weighted by Gasteiger charge is 2.09. The van der Waals surface area contributed by atoms with E-state index in [1.807, 2.05) is 24.3 Å². The molecule has 0 bridgehead atoms. The van der Waals surface area contributed by atoms with Gasteiger partial charge in [-0.1, -0.05) is 12.1 Å². The highest BCUT2D eigenvalue weighted by molar-refractivity contribution is 5.83. The molecular weight excluding hydrogens is 112 g/mol. The molecule has 0 spiro atoms. The summed E-state index contributed by atoms with van der Waals surface area (Å²) in [5.41, 5.74) is 2.08. The van der Waals surface area contributed by atoms with E-state index in [1.54, 1.807) is 6.21 Å². The Morgan fingerprint density at radius 3 is 3.00 bits per heavy atom. The van der Waals surface area contributed by atoms with Crippen molar-refractivity contribution in [3.8, 4) is 0 Å². The molecule has 0 unspecified atom stereocenters. The normalized spacial score (nSPS) is 12.0. The summed E-state index contributed by atoms with van der Waals surface area (Å²) in [6, 6.07) is 7.88. The molecule has 0 aliphatic carbocycles. The fraction of sp³-hybridized carbons (Fsp3) is 0. The smallest absolute Gasteiger partial charge is 0.0612 e. The lowest BCUT2D eigenvalue weighted by Gasteiger charge is -1.81. The number of fused-ring (bicyclic) bond motifs is 1. The first-order valence-electron chi connectivity index (χ1n) is 2.80. The Morgan fingerprint density at radius 2 is 2.11 bits per heavy atom. The van der Waals surface area contributed by atoms with Crippen LogP contribution in [0.1, 0.15) is 5.56 Å². The summed E-state index contributed by atoms with van der Waals surface area (Å²) in [7, 11) is 0. The first-order chi connectivity index (χ1) is 4.47. The average molecular weight is 117 g/mol. The second-order valence-electron chi connectivity index (χ2n) is 1.90. The Morgan fingerprint density at radius 1 is 1.22 bits per heavy atom. The van der Waals surface area contributed by atoms with Gasteiger partial charge in [-0.2, -0.15) is 0 Å². The molecule has 1 heterocycles. The molecule has 9 heavy (non-hydrogen) atoms. The molecule has 2 heteroatoms. The number of nitrogens with zero attached hydrogens (tertiary/aromatic N) is 2. The van der Waals surface area contributed by atoms with Crippen LogP contribution in [-0.4, -0.2) is 11.0 Å². The number of rotatable bonds is 0. The summed E-state index contributed by atoms with van der Waals surface area (Å²) in [5.74, 6) is 0. The standard InChI is InChI=1S/C7H5N2/c1-2-4-7-6(3-1)5-8-9-7/h1-5H/q+1. The maximum atomic E-state index is 3.87. The van der Waals surface area contributed by atoms with E-state index in [9.17, 15) is 0 Å². The van der Waals surface area contributed by atoms with Crippen molar-refractivity contribution in [2.75, 3.05) is 0 Å². The van der Waals surface area contributed by atoms with Crippen LogP contribution in [0, 0.1) is 0 Å². The quantitative estimate of drug-likeness (QED) is 0.466. The zero-order valence-corrected chi connectivity index (χ0v) is 4.78. The van der Waals surface area contributed by atoms with E-state index in [2.05, 4.69) is 9.90 Å². The van der Waals surface area contributed by atoms with E-state index in [0.717, 1.165) is 11.3 Å². The molecule has 0 atom stereocenters. The van der Waals surface area contributed by atoms with E-state index in [4.69, 9.17) is 0 Å². The minimum atomic E-state index is 0.970. The largest absolute Gasteiger partial charge is 0.340 e. The Balaban J connectivity index is 2.72. The van der Waals surface area contributed by atoms with Gasteiger partial charge in [0.1, 0.15) is 5.11 Å². The fourth-order valence-corrected chi connectivity index (χ4v) is 0.841. The highest BCUT2D eigenvalue weighted by atomic mass is 15.0. The van der Waals surface area contributed by atoms with Crippen LogP contribution in [0.15, 0.2) is 29.4 Å². The van der Waals surface area contributed by atoms with Crippen molar-refractivity contribution in [1.82, 2.24) is 0 Å². The third-order valence-electron chi connectivity index (χ3n) is 1.30. The maximum absolute atomic E-state index is 3.87. The maximum Gasteiger partial charge on any atom is 0.340 e. The summed E-state index contributed by atoms with van der Waals surface area (Å²) in [6.07, 6.45) is 1.76. The van der Waals surface area contributed by atoms with Crippen LogP contribution in [0.5, 0.6) is 0 Å². The molecule has 1 aromatic rings. The van der Waals surface area contributed by atoms with Crippen molar-refractivity contribution in [2.45, 2.75) is 0 Å². The van der Waals surface area contributed by atoms with Crippen LogP contribution < -0.4 is 0 Å². The molecule has 2 rings (SSSR count). The van der Waals surface area contributed by atoms with Crippen LogP contribution in [0.4, 0.5) is 5.69 Å². The predicted octanol–water partition coefficient (Wildman–Crippen LogP) is 1.41. The van der Waals surface area contributed by atoms with Gasteiger partial charge in [-0.05, 0) is 12.1 Å². The second-order valence-corrected chi connectivity index (χ2v) is 1.90. The monoisotopic (exact) mass is 117 g/mol. The van der Waals surface area contributed by atoms with Crippen LogP contribution in [0.2, 0.25) is 0 Å². The minimum Gasteiger partial charge on any atom is -0.0612 e. The lowest BCUT2D eigenvalue weighted by Crippen LogP contribution is -1.73. The molecule has 0 amide bonds. The van der Waals surface area contributed by atoms with E-state index >= 15 is 0 Å². The van der Waals surface area contributed by atoms with Crippen LogP contribution in [-0.2, 0) is 0 Å². The van der Waals surface area contributed by atoms with E-state index in [0.29, 0.717) is 0 Å². The molecule has 0 saturated heterocycles. The minimum absolute atomic E-state index is 0.970. The molecule has 1 aliphatic rings. The van der Waals surface area contributed by atoms with Crippen molar-refractivity contribution in [3.63, 3.8) is 0 Å². The van der Waals surface area contributed by atoms with Crippen LogP contribution >= 0.6 is 0 Å². The van der Waals surface area contributed by atoms with Gasteiger partial charge in [-0.15, -0.1) is 0 Å².